The van der Waals surface area contributed by atoms with E-state index in [-0.39, 0.29) is 17.1 Å². The third-order valence-electron chi connectivity index (χ3n) is 5.62. The number of aromatic hydroxyl groups is 2. The molecule has 0 heterocycles. The van der Waals surface area contributed by atoms with Crippen LogP contribution in [0.15, 0.2) is 18.2 Å². The van der Waals surface area contributed by atoms with Crippen LogP contribution in [0, 0.1) is 0 Å². The van der Waals surface area contributed by atoms with E-state index in [2.05, 4.69) is 6.92 Å². The van der Waals surface area contributed by atoms with Gasteiger partial charge >= 0.3 is 5.97 Å². The Kier molecular flexibility index (Phi) is 15.9. The Hall–Kier alpha value is -1.71. The summed E-state index contributed by atoms with van der Waals surface area (Å²) in [5.41, 5.74) is 0.180. The van der Waals surface area contributed by atoms with Crippen molar-refractivity contribution in [3.63, 3.8) is 0 Å². The molecule has 30 heavy (non-hydrogen) atoms. The van der Waals surface area contributed by atoms with Gasteiger partial charge in [0, 0.05) is 6.07 Å². The van der Waals surface area contributed by atoms with Crippen LogP contribution < -0.4 is 0 Å². The Morgan fingerprint density at radius 1 is 0.633 bits per heavy atom. The van der Waals surface area contributed by atoms with Crippen LogP contribution >= 0.6 is 0 Å². The molecule has 0 spiro atoms. The number of phenols is 2. The first-order valence-corrected chi connectivity index (χ1v) is 12.3. The zero-order valence-electron chi connectivity index (χ0n) is 19.2. The second-order valence-corrected chi connectivity index (χ2v) is 8.53. The number of carbonyl (C=O) groups is 1. The minimum Gasteiger partial charge on any atom is -0.508 e. The van der Waals surface area contributed by atoms with E-state index in [1.165, 1.54) is 115 Å². The molecule has 0 aliphatic heterocycles. The maximum Gasteiger partial charge on any atom is 0.338 e. The molecule has 0 unspecified atom stereocenters. The van der Waals surface area contributed by atoms with E-state index in [0.29, 0.717) is 6.61 Å². The van der Waals surface area contributed by atoms with Gasteiger partial charge in [-0.25, -0.2) is 4.79 Å². The number of ether oxygens (including phenoxy) is 1. The lowest BCUT2D eigenvalue weighted by atomic mass is 10.0. The molecule has 0 saturated carbocycles. The fraction of sp³-hybridized carbons (Fsp3) is 0.731. The highest BCUT2D eigenvalue weighted by Crippen LogP contribution is 2.21. The minimum atomic E-state index is -0.502. The average Bonchev–Trinajstić information content (AvgIpc) is 2.72. The maximum atomic E-state index is 11.9. The summed E-state index contributed by atoms with van der Waals surface area (Å²) >= 11 is 0. The first-order valence-electron chi connectivity index (χ1n) is 12.3. The Morgan fingerprint density at radius 2 is 1.00 bits per heavy atom. The van der Waals surface area contributed by atoms with Crippen molar-refractivity contribution in [3.05, 3.63) is 23.8 Å². The number of hydrogen-bond donors (Lipinski definition) is 2. The third-order valence-corrected chi connectivity index (χ3v) is 5.62. The van der Waals surface area contributed by atoms with Crippen LogP contribution in [0.1, 0.15) is 126 Å². The molecule has 0 aromatic heterocycles. The van der Waals surface area contributed by atoms with E-state index >= 15 is 0 Å². The summed E-state index contributed by atoms with van der Waals surface area (Å²) in [6, 6.07) is 3.79. The summed E-state index contributed by atoms with van der Waals surface area (Å²) in [5, 5.41) is 18.8. The molecule has 4 heteroatoms. The third kappa shape index (κ3) is 14.3. The van der Waals surface area contributed by atoms with Gasteiger partial charge in [-0.3, -0.25) is 0 Å². The Morgan fingerprint density at radius 3 is 1.40 bits per heavy atom. The SMILES string of the molecule is CCCCCCCCCCCCCCCCCCCOC(=O)c1cc(O)cc(O)c1. The van der Waals surface area contributed by atoms with Gasteiger partial charge in [-0.2, -0.15) is 0 Å². The molecule has 0 saturated heterocycles. The topological polar surface area (TPSA) is 66.8 Å². The highest BCUT2D eigenvalue weighted by atomic mass is 16.5. The molecule has 2 N–H and O–H groups in total. The Labute approximate surface area is 184 Å². The summed E-state index contributed by atoms with van der Waals surface area (Å²) in [7, 11) is 0. The molecule has 0 fully saturated rings. The van der Waals surface area contributed by atoms with Crippen LogP contribution in [0.2, 0.25) is 0 Å². The number of unbranched alkanes of at least 4 members (excludes halogenated alkanes) is 16. The molecular weight excluding hydrogens is 376 g/mol. The molecular formula is C26H44O4. The molecule has 4 nitrogen and oxygen atoms in total. The van der Waals surface area contributed by atoms with Crippen molar-refractivity contribution in [1.82, 2.24) is 0 Å². The first-order chi connectivity index (χ1) is 14.6. The average molecular weight is 421 g/mol. The van der Waals surface area contributed by atoms with Crippen LogP contribution in [0.4, 0.5) is 0 Å². The predicted molar refractivity (Wildman–Crippen MR) is 124 cm³/mol. The summed E-state index contributed by atoms with van der Waals surface area (Å²) in [6.07, 6.45) is 22.4. The lowest BCUT2D eigenvalue weighted by molar-refractivity contribution is 0.0496. The second kappa shape index (κ2) is 18.1. The lowest BCUT2D eigenvalue weighted by Gasteiger charge is -2.06. The molecule has 1 rings (SSSR count). The van der Waals surface area contributed by atoms with Gasteiger partial charge in [-0.05, 0) is 18.6 Å². The molecule has 1 aromatic rings. The highest BCUT2D eigenvalue weighted by molar-refractivity contribution is 5.90. The van der Waals surface area contributed by atoms with E-state index in [4.69, 9.17) is 4.74 Å². The predicted octanol–water partition coefficient (Wildman–Crippen LogP) is 7.91. The van der Waals surface area contributed by atoms with Crippen LogP contribution in [-0.4, -0.2) is 22.8 Å². The van der Waals surface area contributed by atoms with E-state index in [1.807, 2.05) is 0 Å². The maximum absolute atomic E-state index is 11.9. The van der Waals surface area contributed by atoms with E-state index in [0.717, 1.165) is 12.8 Å². The highest BCUT2D eigenvalue weighted by Gasteiger charge is 2.09. The van der Waals surface area contributed by atoms with Gasteiger partial charge in [0.25, 0.3) is 0 Å². The molecule has 0 amide bonds. The van der Waals surface area contributed by atoms with Gasteiger partial charge in [0.2, 0.25) is 0 Å². The van der Waals surface area contributed by atoms with Crippen molar-refractivity contribution in [2.24, 2.45) is 0 Å². The minimum absolute atomic E-state index is 0.139. The number of benzene rings is 1. The van der Waals surface area contributed by atoms with Gasteiger partial charge in [-0.15, -0.1) is 0 Å². The summed E-state index contributed by atoms with van der Waals surface area (Å²) in [5.74, 6) is -0.780. The van der Waals surface area contributed by atoms with Crippen molar-refractivity contribution >= 4 is 5.97 Å². The first kappa shape index (κ1) is 26.3. The smallest absolute Gasteiger partial charge is 0.338 e. The van der Waals surface area contributed by atoms with Crippen LogP contribution in [-0.2, 0) is 4.74 Å². The normalized spacial score (nSPS) is 11.0. The van der Waals surface area contributed by atoms with Crippen LogP contribution in [0.5, 0.6) is 11.5 Å². The van der Waals surface area contributed by atoms with Crippen LogP contribution in [0.25, 0.3) is 0 Å². The molecule has 0 aliphatic rings. The summed E-state index contributed by atoms with van der Waals surface area (Å²) in [4.78, 5) is 11.9. The van der Waals surface area contributed by atoms with Crippen molar-refractivity contribution in [1.29, 1.82) is 0 Å². The van der Waals surface area contributed by atoms with Gasteiger partial charge < -0.3 is 14.9 Å². The zero-order chi connectivity index (χ0) is 21.9. The van der Waals surface area contributed by atoms with E-state index in [1.54, 1.807) is 0 Å². The van der Waals surface area contributed by atoms with E-state index < -0.39 is 5.97 Å². The fourth-order valence-corrected chi connectivity index (χ4v) is 3.79. The van der Waals surface area contributed by atoms with Gasteiger partial charge in [0.15, 0.2) is 0 Å². The molecule has 172 valence electrons. The van der Waals surface area contributed by atoms with Crippen LogP contribution in [0.3, 0.4) is 0 Å². The number of rotatable bonds is 19. The quantitative estimate of drug-likeness (QED) is 0.176. The molecule has 0 atom stereocenters. The van der Waals surface area contributed by atoms with Crippen molar-refractivity contribution in [2.75, 3.05) is 6.61 Å². The molecule has 1 aromatic carbocycles. The fourth-order valence-electron chi connectivity index (χ4n) is 3.79. The number of esters is 1. The van der Waals surface area contributed by atoms with Gasteiger partial charge in [-0.1, -0.05) is 110 Å². The summed E-state index contributed by atoms with van der Waals surface area (Å²) in [6.45, 7) is 2.66. The molecule has 0 radical (unpaired) electrons. The Bertz CT molecular complexity index is 536. The zero-order valence-corrected chi connectivity index (χ0v) is 19.2. The van der Waals surface area contributed by atoms with Crippen molar-refractivity contribution < 1.29 is 19.7 Å². The lowest BCUT2D eigenvalue weighted by Crippen LogP contribution is -2.06. The second-order valence-electron chi connectivity index (χ2n) is 8.53. The standard InChI is InChI=1S/C26H44O4/c1-2-3-4-5-6-7-8-9-10-11-12-13-14-15-16-17-18-19-30-26(29)23-20-24(27)22-25(28)21-23/h20-22,27-28H,2-19H2,1H3. The monoisotopic (exact) mass is 420 g/mol. The number of carbonyl (C=O) groups excluding carboxylic acids is 1. The Balaban J connectivity index is 1.82. The van der Waals surface area contributed by atoms with Crippen molar-refractivity contribution in [3.8, 4) is 11.5 Å². The number of hydrogen-bond acceptors (Lipinski definition) is 4. The van der Waals surface area contributed by atoms with Gasteiger partial charge in [0.1, 0.15) is 11.5 Å². The summed E-state index contributed by atoms with van der Waals surface area (Å²) < 4.78 is 5.20. The molecule has 0 aliphatic carbocycles. The van der Waals surface area contributed by atoms with E-state index in [9.17, 15) is 15.0 Å². The van der Waals surface area contributed by atoms with Crippen molar-refractivity contribution in [2.45, 2.75) is 116 Å². The van der Waals surface area contributed by atoms with Gasteiger partial charge in [0.05, 0.1) is 12.2 Å². The molecule has 0 bridgehead atoms. The number of phenolic OH excluding ortho intramolecular Hbond substituents is 2. The largest absolute Gasteiger partial charge is 0.508 e.